The molecule has 20 heavy (non-hydrogen) atoms. The van der Waals surface area contributed by atoms with Crippen LogP contribution in [0.25, 0.3) is 10.2 Å². The molecule has 0 fully saturated rings. The maximum Gasteiger partial charge on any atom is 0.247 e. The Labute approximate surface area is 123 Å². The Bertz CT molecular complexity index is 853. The van der Waals surface area contributed by atoms with E-state index in [9.17, 15) is 8.42 Å². The number of sulfonamides is 1. The van der Waals surface area contributed by atoms with Crippen LogP contribution in [0.2, 0.25) is 0 Å². The molecule has 0 radical (unpaired) electrons. The molecule has 0 spiro atoms. The standard InChI is InChI=1S/C11H10N4O2S3/c12-20(16,17)9-2-1-7(19-9)5-13-10-8-3-4-18-11(8)15-6-14-10/h1-4,6H,5H2,(H2,12,16,17)(H,13,14,15). The number of fused-ring (bicyclic) bond motifs is 1. The summed E-state index contributed by atoms with van der Waals surface area (Å²) in [6, 6.07) is 5.20. The van der Waals surface area contributed by atoms with Crippen molar-refractivity contribution in [1.82, 2.24) is 9.97 Å². The molecule has 0 saturated heterocycles. The lowest BCUT2D eigenvalue weighted by Gasteiger charge is -2.04. The first kappa shape index (κ1) is 13.4. The second kappa shape index (κ2) is 5.09. The Balaban J connectivity index is 1.80. The minimum Gasteiger partial charge on any atom is -0.365 e. The lowest BCUT2D eigenvalue weighted by Crippen LogP contribution is -2.09. The summed E-state index contributed by atoms with van der Waals surface area (Å²) in [6.07, 6.45) is 1.51. The van der Waals surface area contributed by atoms with Gasteiger partial charge in [-0.05, 0) is 23.6 Å². The zero-order valence-corrected chi connectivity index (χ0v) is 12.6. The molecule has 3 N–H and O–H groups in total. The molecule has 104 valence electrons. The molecule has 0 unspecified atom stereocenters. The summed E-state index contributed by atoms with van der Waals surface area (Å²) in [5, 5.41) is 11.2. The van der Waals surface area contributed by atoms with E-state index in [2.05, 4.69) is 15.3 Å². The predicted octanol–water partition coefficient (Wildman–Crippen LogP) is 2.01. The number of nitrogens with zero attached hydrogens (tertiary/aromatic N) is 2. The van der Waals surface area contributed by atoms with Crippen LogP contribution in [0, 0.1) is 0 Å². The number of hydrogen-bond acceptors (Lipinski definition) is 7. The molecule has 3 aromatic heterocycles. The van der Waals surface area contributed by atoms with Crippen LogP contribution in [0.5, 0.6) is 0 Å². The molecule has 6 nitrogen and oxygen atoms in total. The maximum absolute atomic E-state index is 11.2. The summed E-state index contributed by atoms with van der Waals surface area (Å²) in [5.74, 6) is 0.738. The summed E-state index contributed by atoms with van der Waals surface area (Å²) in [4.78, 5) is 10.2. The Morgan fingerprint density at radius 2 is 2.10 bits per heavy atom. The first-order valence-electron chi connectivity index (χ1n) is 5.57. The van der Waals surface area contributed by atoms with Crippen LogP contribution in [0.1, 0.15) is 4.88 Å². The van der Waals surface area contributed by atoms with E-state index in [1.54, 1.807) is 17.4 Å². The fraction of sp³-hybridized carbons (Fsp3) is 0.0909. The van der Waals surface area contributed by atoms with Crippen LogP contribution >= 0.6 is 22.7 Å². The molecule has 0 aromatic carbocycles. The van der Waals surface area contributed by atoms with E-state index in [0.717, 1.165) is 32.2 Å². The third kappa shape index (κ3) is 2.66. The quantitative estimate of drug-likeness (QED) is 0.764. The molecule has 0 aliphatic carbocycles. The molecule has 0 amide bonds. The monoisotopic (exact) mass is 326 g/mol. The van der Waals surface area contributed by atoms with E-state index in [0.29, 0.717) is 6.54 Å². The third-order valence-electron chi connectivity index (χ3n) is 2.61. The van der Waals surface area contributed by atoms with Crippen LogP contribution in [-0.4, -0.2) is 18.4 Å². The van der Waals surface area contributed by atoms with Gasteiger partial charge in [0.25, 0.3) is 0 Å². The minimum atomic E-state index is -3.62. The van der Waals surface area contributed by atoms with Gasteiger partial charge in [0.2, 0.25) is 10.0 Å². The van der Waals surface area contributed by atoms with Gasteiger partial charge in [-0.25, -0.2) is 23.5 Å². The highest BCUT2D eigenvalue weighted by Crippen LogP contribution is 2.25. The van der Waals surface area contributed by atoms with E-state index >= 15 is 0 Å². The normalized spacial score (nSPS) is 11.8. The molecular formula is C11H10N4O2S3. The van der Waals surface area contributed by atoms with Crippen molar-refractivity contribution in [3.05, 3.63) is 34.8 Å². The van der Waals surface area contributed by atoms with E-state index < -0.39 is 10.0 Å². The molecule has 3 heterocycles. The highest BCUT2D eigenvalue weighted by atomic mass is 32.2. The summed E-state index contributed by atoms with van der Waals surface area (Å²) in [7, 11) is -3.62. The fourth-order valence-electron chi connectivity index (χ4n) is 1.71. The number of rotatable bonds is 4. The van der Waals surface area contributed by atoms with Gasteiger partial charge in [-0.2, -0.15) is 0 Å². The minimum absolute atomic E-state index is 0.165. The molecule has 0 aliphatic heterocycles. The molecular weight excluding hydrogens is 316 g/mol. The average molecular weight is 326 g/mol. The zero-order valence-electron chi connectivity index (χ0n) is 10.1. The van der Waals surface area contributed by atoms with E-state index in [1.807, 2.05) is 11.4 Å². The van der Waals surface area contributed by atoms with Gasteiger partial charge in [-0.15, -0.1) is 22.7 Å². The summed E-state index contributed by atoms with van der Waals surface area (Å²) < 4.78 is 22.6. The van der Waals surface area contributed by atoms with Crippen molar-refractivity contribution in [1.29, 1.82) is 0 Å². The number of anilines is 1. The second-order valence-electron chi connectivity index (χ2n) is 3.98. The molecule has 0 bridgehead atoms. The number of aromatic nitrogens is 2. The van der Waals surface area contributed by atoms with Crippen molar-refractivity contribution in [2.75, 3.05) is 5.32 Å². The SMILES string of the molecule is NS(=O)(=O)c1ccc(CNc2ncnc3sccc23)s1. The van der Waals surface area contributed by atoms with Crippen LogP contribution in [0.15, 0.2) is 34.1 Å². The smallest absolute Gasteiger partial charge is 0.247 e. The number of primary sulfonamides is 1. The van der Waals surface area contributed by atoms with Gasteiger partial charge in [-0.1, -0.05) is 0 Å². The Hall–Kier alpha value is -1.55. The molecule has 0 aliphatic rings. The van der Waals surface area contributed by atoms with Crippen LogP contribution in [0.4, 0.5) is 5.82 Å². The highest BCUT2D eigenvalue weighted by molar-refractivity contribution is 7.91. The summed E-state index contributed by atoms with van der Waals surface area (Å²) in [5.41, 5.74) is 0. The van der Waals surface area contributed by atoms with E-state index in [1.165, 1.54) is 12.4 Å². The Morgan fingerprint density at radius 3 is 2.85 bits per heavy atom. The largest absolute Gasteiger partial charge is 0.365 e. The van der Waals surface area contributed by atoms with Crippen molar-refractivity contribution in [2.24, 2.45) is 5.14 Å². The van der Waals surface area contributed by atoms with E-state index in [4.69, 9.17) is 5.14 Å². The number of nitrogens with one attached hydrogen (secondary N) is 1. The molecule has 9 heteroatoms. The van der Waals surface area contributed by atoms with Gasteiger partial charge >= 0.3 is 0 Å². The van der Waals surface area contributed by atoms with Crippen LogP contribution < -0.4 is 10.5 Å². The van der Waals surface area contributed by atoms with Gasteiger partial charge < -0.3 is 5.32 Å². The van der Waals surface area contributed by atoms with Crippen LogP contribution in [0.3, 0.4) is 0 Å². The average Bonchev–Trinajstić information content (AvgIpc) is 3.04. The third-order valence-corrected chi connectivity index (χ3v) is 5.95. The lowest BCUT2D eigenvalue weighted by atomic mass is 10.3. The predicted molar refractivity (Wildman–Crippen MR) is 80.4 cm³/mol. The van der Waals surface area contributed by atoms with Crippen molar-refractivity contribution in [3.63, 3.8) is 0 Å². The maximum atomic E-state index is 11.2. The summed E-state index contributed by atoms with van der Waals surface area (Å²) in [6.45, 7) is 0.488. The summed E-state index contributed by atoms with van der Waals surface area (Å²) >= 11 is 2.70. The van der Waals surface area contributed by atoms with Gasteiger partial charge in [-0.3, -0.25) is 0 Å². The van der Waals surface area contributed by atoms with Crippen molar-refractivity contribution < 1.29 is 8.42 Å². The van der Waals surface area contributed by atoms with Gasteiger partial charge in [0.1, 0.15) is 21.2 Å². The Morgan fingerprint density at radius 1 is 1.25 bits per heavy atom. The fourth-order valence-corrected chi connectivity index (χ4v) is 4.16. The molecule has 0 atom stereocenters. The first-order chi connectivity index (χ1) is 9.54. The lowest BCUT2D eigenvalue weighted by molar-refractivity contribution is 0.600. The number of nitrogens with two attached hydrogens (primary N) is 1. The van der Waals surface area contributed by atoms with Crippen LogP contribution in [-0.2, 0) is 16.6 Å². The second-order valence-corrected chi connectivity index (χ2v) is 7.83. The van der Waals surface area contributed by atoms with E-state index in [-0.39, 0.29) is 4.21 Å². The molecule has 3 rings (SSSR count). The molecule has 0 saturated carbocycles. The van der Waals surface area contributed by atoms with Gasteiger partial charge in [0.05, 0.1) is 11.9 Å². The highest BCUT2D eigenvalue weighted by Gasteiger charge is 2.11. The number of hydrogen-bond donors (Lipinski definition) is 2. The zero-order chi connectivity index (χ0) is 14.2. The van der Waals surface area contributed by atoms with Gasteiger partial charge in [0, 0.05) is 4.88 Å². The molecule has 3 aromatic rings. The number of thiophene rings is 2. The Kier molecular flexibility index (Phi) is 3.42. The van der Waals surface area contributed by atoms with Crippen molar-refractivity contribution in [2.45, 2.75) is 10.8 Å². The van der Waals surface area contributed by atoms with Crippen molar-refractivity contribution >= 4 is 48.7 Å². The van der Waals surface area contributed by atoms with Gasteiger partial charge in [0.15, 0.2) is 0 Å². The topological polar surface area (TPSA) is 98.0 Å². The first-order valence-corrected chi connectivity index (χ1v) is 8.82. The van der Waals surface area contributed by atoms with Crippen molar-refractivity contribution in [3.8, 4) is 0 Å².